The van der Waals surface area contributed by atoms with Crippen molar-refractivity contribution in [3.05, 3.63) is 6.33 Å². The van der Waals surface area contributed by atoms with Gasteiger partial charge in [0.15, 0.2) is 0 Å². The summed E-state index contributed by atoms with van der Waals surface area (Å²) in [5.74, 6) is 0. The third kappa shape index (κ3) is 8.50. The number of unbranched alkanes of at least 4 members (excludes halogenated alkanes) is 11. The third-order valence-electron chi connectivity index (χ3n) is 4.61. The number of rotatable bonds is 14. The average Bonchev–Trinajstić information content (AvgIpc) is 3.03. The van der Waals surface area contributed by atoms with Crippen LogP contribution < -0.4 is 0 Å². The summed E-state index contributed by atoms with van der Waals surface area (Å²) in [6.07, 6.45) is 19.6. The lowest BCUT2D eigenvalue weighted by molar-refractivity contribution is 0.278. The molecule has 0 aliphatic rings. The van der Waals surface area contributed by atoms with Crippen molar-refractivity contribution < 1.29 is 0 Å². The number of aromatic nitrogens is 4. The number of hydrogen-bond donors (Lipinski definition) is 0. The monoisotopic (exact) mass is 308 g/mol. The molecule has 0 aliphatic heterocycles. The SMILES string of the molecule is CCCCCCCCCCCCCCC(C)(C)n1cnnn1. The van der Waals surface area contributed by atoms with Crippen LogP contribution in [0, 0.1) is 0 Å². The van der Waals surface area contributed by atoms with E-state index >= 15 is 0 Å². The second-order valence-corrected chi connectivity index (χ2v) is 7.21. The molecule has 0 N–H and O–H groups in total. The van der Waals surface area contributed by atoms with Gasteiger partial charge in [0.25, 0.3) is 0 Å². The first-order valence-corrected chi connectivity index (χ1v) is 9.40. The minimum absolute atomic E-state index is 0.0436. The van der Waals surface area contributed by atoms with E-state index < -0.39 is 0 Å². The predicted octanol–water partition coefficient (Wildman–Crippen LogP) is 5.50. The minimum atomic E-state index is 0.0436. The zero-order valence-electron chi connectivity index (χ0n) is 15.1. The molecule has 0 aromatic carbocycles. The molecule has 0 bridgehead atoms. The van der Waals surface area contributed by atoms with Gasteiger partial charge in [-0.15, -0.1) is 5.10 Å². The highest BCUT2D eigenvalue weighted by Crippen LogP contribution is 2.22. The number of nitrogens with zero attached hydrogens (tertiary/aromatic N) is 4. The van der Waals surface area contributed by atoms with Gasteiger partial charge < -0.3 is 0 Å². The Labute approximate surface area is 137 Å². The molecule has 0 atom stereocenters. The molecular weight excluding hydrogens is 272 g/mol. The zero-order valence-corrected chi connectivity index (χ0v) is 15.1. The minimum Gasteiger partial charge on any atom is -0.227 e. The van der Waals surface area contributed by atoms with E-state index in [4.69, 9.17) is 0 Å². The molecule has 128 valence electrons. The quantitative estimate of drug-likeness (QED) is 0.426. The van der Waals surface area contributed by atoms with Gasteiger partial charge in [-0.2, -0.15) is 0 Å². The maximum absolute atomic E-state index is 4.02. The van der Waals surface area contributed by atoms with Crippen molar-refractivity contribution in [2.45, 2.75) is 110 Å². The number of hydrogen-bond acceptors (Lipinski definition) is 3. The largest absolute Gasteiger partial charge is 0.227 e. The molecule has 1 rings (SSSR count). The van der Waals surface area contributed by atoms with Crippen LogP contribution in [0.2, 0.25) is 0 Å². The summed E-state index contributed by atoms with van der Waals surface area (Å²) in [6.45, 7) is 6.70. The van der Waals surface area contributed by atoms with Crippen molar-refractivity contribution >= 4 is 0 Å². The topological polar surface area (TPSA) is 43.6 Å². The fraction of sp³-hybridized carbons (Fsp3) is 0.944. The summed E-state index contributed by atoms with van der Waals surface area (Å²) < 4.78 is 1.88. The van der Waals surface area contributed by atoms with Crippen molar-refractivity contribution in [1.29, 1.82) is 0 Å². The molecule has 0 aliphatic carbocycles. The summed E-state index contributed by atoms with van der Waals surface area (Å²) in [4.78, 5) is 0. The molecule has 1 aromatic rings. The van der Waals surface area contributed by atoms with E-state index in [1.54, 1.807) is 6.33 Å². The lowest BCUT2D eigenvalue weighted by Crippen LogP contribution is -2.26. The lowest BCUT2D eigenvalue weighted by atomic mass is 9.96. The van der Waals surface area contributed by atoms with Crippen LogP contribution in [0.4, 0.5) is 0 Å². The van der Waals surface area contributed by atoms with Crippen LogP contribution in [0.3, 0.4) is 0 Å². The van der Waals surface area contributed by atoms with Crippen LogP contribution in [0.5, 0.6) is 0 Å². The van der Waals surface area contributed by atoms with E-state index in [1.807, 2.05) is 4.68 Å². The Kier molecular flexibility index (Phi) is 10.1. The van der Waals surface area contributed by atoms with Crippen LogP contribution in [0.15, 0.2) is 6.33 Å². The van der Waals surface area contributed by atoms with Crippen molar-refractivity contribution in [3.8, 4) is 0 Å². The first-order chi connectivity index (χ1) is 10.7. The number of tetrazole rings is 1. The predicted molar refractivity (Wildman–Crippen MR) is 92.8 cm³/mol. The van der Waals surface area contributed by atoms with Crippen LogP contribution in [-0.4, -0.2) is 20.2 Å². The van der Waals surface area contributed by atoms with Crippen LogP contribution >= 0.6 is 0 Å². The first-order valence-electron chi connectivity index (χ1n) is 9.40. The molecule has 0 spiro atoms. The van der Waals surface area contributed by atoms with Gasteiger partial charge in [0, 0.05) is 0 Å². The van der Waals surface area contributed by atoms with E-state index in [-0.39, 0.29) is 5.54 Å². The molecule has 4 heteroatoms. The highest BCUT2D eigenvalue weighted by molar-refractivity contribution is 4.74. The molecule has 1 aromatic heterocycles. The Balaban J connectivity index is 1.88. The first kappa shape index (κ1) is 19.1. The van der Waals surface area contributed by atoms with Gasteiger partial charge >= 0.3 is 0 Å². The van der Waals surface area contributed by atoms with E-state index in [0.29, 0.717) is 0 Å². The Bertz CT molecular complexity index is 346. The maximum Gasteiger partial charge on any atom is 0.138 e. The smallest absolute Gasteiger partial charge is 0.138 e. The third-order valence-corrected chi connectivity index (χ3v) is 4.61. The average molecular weight is 309 g/mol. The second kappa shape index (κ2) is 11.6. The van der Waals surface area contributed by atoms with Gasteiger partial charge in [0.2, 0.25) is 0 Å². The molecule has 4 nitrogen and oxygen atoms in total. The fourth-order valence-corrected chi connectivity index (χ4v) is 2.95. The molecule has 0 unspecified atom stereocenters. The van der Waals surface area contributed by atoms with E-state index in [0.717, 1.165) is 6.42 Å². The normalized spacial score (nSPS) is 12.0. The molecular formula is C18H36N4. The molecule has 0 amide bonds. The van der Waals surface area contributed by atoms with Gasteiger partial charge in [-0.1, -0.05) is 84.0 Å². The van der Waals surface area contributed by atoms with E-state index in [9.17, 15) is 0 Å². The van der Waals surface area contributed by atoms with Gasteiger partial charge in [-0.3, -0.25) is 0 Å². The molecule has 1 heterocycles. The van der Waals surface area contributed by atoms with Crippen molar-refractivity contribution in [2.75, 3.05) is 0 Å². The lowest BCUT2D eigenvalue weighted by Gasteiger charge is -2.23. The zero-order chi connectivity index (χ0) is 16.1. The van der Waals surface area contributed by atoms with Gasteiger partial charge in [-0.25, -0.2) is 4.68 Å². The van der Waals surface area contributed by atoms with Crippen molar-refractivity contribution in [2.24, 2.45) is 0 Å². The van der Waals surface area contributed by atoms with Crippen LogP contribution in [-0.2, 0) is 5.54 Å². The van der Waals surface area contributed by atoms with Crippen LogP contribution in [0.25, 0.3) is 0 Å². The van der Waals surface area contributed by atoms with Crippen LogP contribution in [0.1, 0.15) is 104 Å². The Hall–Kier alpha value is -0.930. The second-order valence-electron chi connectivity index (χ2n) is 7.21. The summed E-state index contributed by atoms with van der Waals surface area (Å²) in [5, 5.41) is 11.5. The highest BCUT2D eigenvalue weighted by atomic mass is 15.5. The Morgan fingerprint density at radius 3 is 1.73 bits per heavy atom. The molecule has 0 saturated heterocycles. The molecule has 22 heavy (non-hydrogen) atoms. The Morgan fingerprint density at radius 2 is 1.27 bits per heavy atom. The fourth-order valence-electron chi connectivity index (χ4n) is 2.95. The molecule has 0 saturated carbocycles. The summed E-state index contributed by atoms with van der Waals surface area (Å²) in [7, 11) is 0. The summed E-state index contributed by atoms with van der Waals surface area (Å²) in [6, 6.07) is 0. The standard InChI is InChI=1S/C18H36N4/c1-4-5-6-7-8-9-10-11-12-13-14-15-16-18(2,3)22-17-19-20-21-22/h17H,4-16H2,1-3H3. The molecule has 0 radical (unpaired) electrons. The van der Waals surface area contributed by atoms with E-state index in [2.05, 4.69) is 36.3 Å². The molecule has 0 fully saturated rings. The Morgan fingerprint density at radius 1 is 0.773 bits per heavy atom. The van der Waals surface area contributed by atoms with Gasteiger partial charge in [-0.05, 0) is 30.7 Å². The maximum atomic E-state index is 4.02. The summed E-state index contributed by atoms with van der Waals surface area (Å²) >= 11 is 0. The van der Waals surface area contributed by atoms with Gasteiger partial charge in [0.1, 0.15) is 6.33 Å². The van der Waals surface area contributed by atoms with E-state index in [1.165, 1.54) is 77.0 Å². The van der Waals surface area contributed by atoms with Crippen molar-refractivity contribution in [3.63, 3.8) is 0 Å². The highest BCUT2D eigenvalue weighted by Gasteiger charge is 2.20. The van der Waals surface area contributed by atoms with Crippen molar-refractivity contribution in [1.82, 2.24) is 20.2 Å². The summed E-state index contributed by atoms with van der Waals surface area (Å²) in [5.41, 5.74) is 0.0436. The van der Waals surface area contributed by atoms with Gasteiger partial charge in [0.05, 0.1) is 5.54 Å².